The number of sulfonamides is 1. The Morgan fingerprint density at radius 1 is 1.39 bits per heavy atom. The topological polar surface area (TPSA) is 66.5 Å². The van der Waals surface area contributed by atoms with Crippen LogP contribution in [0.4, 0.5) is 4.39 Å². The predicted molar refractivity (Wildman–Crippen MR) is 85.9 cm³/mol. The molecular weight excluding hydrogens is 319 g/mol. The molecule has 1 heterocycles. The lowest BCUT2D eigenvalue weighted by Gasteiger charge is -2.32. The quantitative estimate of drug-likeness (QED) is 0.911. The smallest absolute Gasteiger partial charge is 0.243 e. The highest BCUT2D eigenvalue weighted by molar-refractivity contribution is 7.89. The predicted octanol–water partition coefficient (Wildman–Crippen LogP) is 2.06. The highest BCUT2D eigenvalue weighted by Gasteiger charge is 2.31. The summed E-state index contributed by atoms with van der Waals surface area (Å²) in [5, 5.41) is 2.89. The molecule has 1 aliphatic heterocycles. The molecule has 5 nitrogen and oxygen atoms in total. The fourth-order valence-corrected chi connectivity index (χ4v) is 4.18. The van der Waals surface area contributed by atoms with Crippen molar-refractivity contribution >= 4 is 15.9 Å². The SMILES string of the molecule is Cc1cc(S(=O)(=O)N2CCC[C@H](NC(=O)C(C)C)C2)ccc1F. The van der Waals surface area contributed by atoms with Crippen LogP contribution in [0.5, 0.6) is 0 Å². The summed E-state index contributed by atoms with van der Waals surface area (Å²) in [6, 6.07) is 3.62. The van der Waals surface area contributed by atoms with E-state index in [1.807, 2.05) is 0 Å². The maximum absolute atomic E-state index is 13.4. The first-order chi connectivity index (χ1) is 10.7. The number of aryl methyl sites for hydroxylation is 1. The summed E-state index contributed by atoms with van der Waals surface area (Å²) < 4.78 is 40.1. The summed E-state index contributed by atoms with van der Waals surface area (Å²) in [5.41, 5.74) is 0.299. The minimum Gasteiger partial charge on any atom is -0.352 e. The van der Waals surface area contributed by atoms with Crippen LogP contribution in [0.3, 0.4) is 0 Å². The van der Waals surface area contributed by atoms with Gasteiger partial charge in [0.15, 0.2) is 0 Å². The van der Waals surface area contributed by atoms with E-state index in [2.05, 4.69) is 5.32 Å². The van der Waals surface area contributed by atoms with Gasteiger partial charge in [-0.15, -0.1) is 0 Å². The number of piperidine rings is 1. The number of halogens is 1. The Labute approximate surface area is 136 Å². The standard InChI is InChI=1S/C16H23FN2O3S/c1-11(2)16(20)18-13-5-4-8-19(10-13)23(21,22)14-6-7-15(17)12(3)9-14/h6-7,9,11,13H,4-5,8,10H2,1-3H3,(H,18,20)/t13-/m0/s1. The zero-order valence-corrected chi connectivity index (χ0v) is 14.5. The van der Waals surface area contributed by atoms with Crippen LogP contribution in [-0.2, 0) is 14.8 Å². The number of carbonyl (C=O) groups excluding carboxylic acids is 1. The number of nitrogens with one attached hydrogen (secondary N) is 1. The molecule has 0 radical (unpaired) electrons. The molecule has 0 bridgehead atoms. The van der Waals surface area contributed by atoms with Gasteiger partial charge in [-0.2, -0.15) is 4.31 Å². The van der Waals surface area contributed by atoms with Crippen molar-refractivity contribution in [3.8, 4) is 0 Å². The number of hydrogen-bond donors (Lipinski definition) is 1. The Morgan fingerprint density at radius 2 is 2.09 bits per heavy atom. The highest BCUT2D eigenvalue weighted by atomic mass is 32.2. The van der Waals surface area contributed by atoms with Crippen molar-refractivity contribution in [3.63, 3.8) is 0 Å². The Hall–Kier alpha value is -1.47. The lowest BCUT2D eigenvalue weighted by molar-refractivity contribution is -0.124. The summed E-state index contributed by atoms with van der Waals surface area (Å²) in [5.74, 6) is -0.640. The van der Waals surface area contributed by atoms with Crippen molar-refractivity contribution in [1.29, 1.82) is 0 Å². The summed E-state index contributed by atoms with van der Waals surface area (Å²) in [6.45, 7) is 5.79. The molecule has 1 aromatic rings. The monoisotopic (exact) mass is 342 g/mol. The van der Waals surface area contributed by atoms with Crippen LogP contribution < -0.4 is 5.32 Å². The number of benzene rings is 1. The third-order valence-electron chi connectivity index (χ3n) is 4.02. The van der Waals surface area contributed by atoms with Gasteiger partial charge in [-0.3, -0.25) is 4.79 Å². The van der Waals surface area contributed by atoms with Crippen LogP contribution in [-0.4, -0.2) is 37.8 Å². The molecule has 2 rings (SSSR count). The Morgan fingerprint density at radius 3 is 2.70 bits per heavy atom. The Bertz CT molecular complexity index is 689. The molecule has 0 aliphatic carbocycles. The molecule has 128 valence electrons. The molecule has 0 saturated carbocycles. The molecule has 0 aromatic heterocycles. The van der Waals surface area contributed by atoms with Crippen molar-refractivity contribution in [1.82, 2.24) is 9.62 Å². The van der Waals surface area contributed by atoms with Gasteiger partial charge in [0, 0.05) is 25.0 Å². The fraction of sp³-hybridized carbons (Fsp3) is 0.562. The second-order valence-electron chi connectivity index (χ2n) is 6.28. The highest BCUT2D eigenvalue weighted by Crippen LogP contribution is 2.22. The normalized spacial score (nSPS) is 19.8. The maximum Gasteiger partial charge on any atom is 0.243 e. The van der Waals surface area contributed by atoms with E-state index in [-0.39, 0.29) is 29.3 Å². The first kappa shape index (κ1) is 17.9. The van der Waals surface area contributed by atoms with E-state index in [1.54, 1.807) is 13.8 Å². The van der Waals surface area contributed by atoms with Gasteiger partial charge in [-0.05, 0) is 43.5 Å². The van der Waals surface area contributed by atoms with Gasteiger partial charge in [0.05, 0.1) is 4.90 Å². The minimum absolute atomic E-state index is 0.0770. The van der Waals surface area contributed by atoms with E-state index in [1.165, 1.54) is 29.4 Å². The molecule has 1 fully saturated rings. The lowest BCUT2D eigenvalue weighted by atomic mass is 10.1. The number of rotatable bonds is 4. The van der Waals surface area contributed by atoms with E-state index in [9.17, 15) is 17.6 Å². The van der Waals surface area contributed by atoms with Crippen molar-refractivity contribution in [2.75, 3.05) is 13.1 Å². The summed E-state index contributed by atoms with van der Waals surface area (Å²) in [6.07, 6.45) is 1.44. The van der Waals surface area contributed by atoms with Crippen LogP contribution >= 0.6 is 0 Å². The fourth-order valence-electron chi connectivity index (χ4n) is 2.57. The van der Waals surface area contributed by atoms with Gasteiger partial charge >= 0.3 is 0 Å². The lowest BCUT2D eigenvalue weighted by Crippen LogP contribution is -2.50. The van der Waals surface area contributed by atoms with Gasteiger partial charge < -0.3 is 5.32 Å². The van der Waals surface area contributed by atoms with E-state index in [4.69, 9.17) is 0 Å². The van der Waals surface area contributed by atoms with Gasteiger partial charge in [-0.1, -0.05) is 13.8 Å². The molecule has 1 N–H and O–H groups in total. The van der Waals surface area contributed by atoms with Gasteiger partial charge in [0.25, 0.3) is 0 Å². The molecule has 7 heteroatoms. The summed E-state index contributed by atoms with van der Waals surface area (Å²) >= 11 is 0. The van der Waals surface area contributed by atoms with Crippen molar-refractivity contribution in [2.45, 2.75) is 44.6 Å². The Kier molecular flexibility index (Phi) is 5.41. The van der Waals surface area contributed by atoms with Crippen molar-refractivity contribution < 1.29 is 17.6 Å². The zero-order chi connectivity index (χ0) is 17.2. The van der Waals surface area contributed by atoms with Crippen LogP contribution in [0.2, 0.25) is 0 Å². The van der Waals surface area contributed by atoms with Gasteiger partial charge in [0.2, 0.25) is 15.9 Å². The second kappa shape index (κ2) is 6.97. The van der Waals surface area contributed by atoms with Gasteiger partial charge in [-0.25, -0.2) is 12.8 Å². The van der Waals surface area contributed by atoms with Crippen LogP contribution in [0.25, 0.3) is 0 Å². The maximum atomic E-state index is 13.4. The van der Waals surface area contributed by atoms with E-state index in [0.717, 1.165) is 6.42 Å². The molecule has 0 unspecified atom stereocenters. The van der Waals surface area contributed by atoms with E-state index in [0.29, 0.717) is 18.5 Å². The molecular formula is C16H23FN2O3S. The van der Waals surface area contributed by atoms with Crippen molar-refractivity contribution in [2.24, 2.45) is 5.92 Å². The molecule has 1 saturated heterocycles. The molecule has 1 aliphatic rings. The number of carbonyl (C=O) groups is 1. The van der Waals surface area contributed by atoms with Crippen LogP contribution in [0, 0.1) is 18.7 Å². The Balaban J connectivity index is 2.16. The van der Waals surface area contributed by atoms with Crippen molar-refractivity contribution in [3.05, 3.63) is 29.6 Å². The van der Waals surface area contributed by atoms with Gasteiger partial charge in [0.1, 0.15) is 5.82 Å². The molecule has 23 heavy (non-hydrogen) atoms. The average molecular weight is 342 g/mol. The third-order valence-corrected chi connectivity index (χ3v) is 5.88. The number of amides is 1. The van der Waals surface area contributed by atoms with E-state index >= 15 is 0 Å². The van der Waals surface area contributed by atoms with Crippen LogP contribution in [0.15, 0.2) is 23.1 Å². The largest absolute Gasteiger partial charge is 0.352 e. The molecule has 1 atom stereocenters. The minimum atomic E-state index is -3.67. The van der Waals surface area contributed by atoms with E-state index < -0.39 is 15.8 Å². The second-order valence-corrected chi connectivity index (χ2v) is 8.21. The van der Waals surface area contributed by atoms with Crippen LogP contribution in [0.1, 0.15) is 32.3 Å². The zero-order valence-electron chi connectivity index (χ0n) is 13.7. The molecule has 1 aromatic carbocycles. The molecule has 1 amide bonds. The first-order valence-corrected chi connectivity index (χ1v) is 9.22. The summed E-state index contributed by atoms with van der Waals surface area (Å²) in [7, 11) is -3.67. The number of nitrogens with zero attached hydrogens (tertiary/aromatic N) is 1. The third kappa shape index (κ3) is 4.09. The molecule has 0 spiro atoms. The average Bonchev–Trinajstić information content (AvgIpc) is 2.50. The summed E-state index contributed by atoms with van der Waals surface area (Å²) in [4.78, 5) is 11.9. The first-order valence-electron chi connectivity index (χ1n) is 7.78. The number of hydrogen-bond acceptors (Lipinski definition) is 3.